The molecule has 1 saturated heterocycles. The fourth-order valence-corrected chi connectivity index (χ4v) is 3.98. The van der Waals surface area contributed by atoms with Crippen LogP contribution in [0.1, 0.15) is 34.8 Å². The van der Waals surface area contributed by atoms with E-state index in [1.807, 2.05) is 12.1 Å². The molecule has 4 amide bonds. The van der Waals surface area contributed by atoms with Gasteiger partial charge in [0.1, 0.15) is 11.4 Å². The number of nitrogens with zero attached hydrogens (tertiary/aromatic N) is 1. The van der Waals surface area contributed by atoms with Crippen LogP contribution in [0, 0.1) is 5.82 Å². The van der Waals surface area contributed by atoms with Gasteiger partial charge in [-0.05, 0) is 42.2 Å². The lowest BCUT2D eigenvalue weighted by Crippen LogP contribution is -2.42. The highest BCUT2D eigenvalue weighted by Crippen LogP contribution is 2.41. The Bertz CT molecular complexity index is 1070. The molecule has 0 bridgehead atoms. The van der Waals surface area contributed by atoms with Crippen molar-refractivity contribution >= 4 is 29.3 Å². The third-order valence-electron chi connectivity index (χ3n) is 5.31. The molecule has 1 heterocycles. The van der Waals surface area contributed by atoms with Crippen LogP contribution in [0.4, 0.5) is 14.9 Å². The minimum absolute atomic E-state index is 0.211. The van der Waals surface area contributed by atoms with E-state index in [9.17, 15) is 23.6 Å². The van der Waals surface area contributed by atoms with Crippen LogP contribution < -0.4 is 10.6 Å². The van der Waals surface area contributed by atoms with E-state index in [0.29, 0.717) is 12.8 Å². The summed E-state index contributed by atoms with van der Waals surface area (Å²) in [6.07, 6.45) is 1.06. The van der Waals surface area contributed by atoms with Crippen LogP contribution in [0.25, 0.3) is 0 Å². The maximum absolute atomic E-state index is 14.3. The van der Waals surface area contributed by atoms with Gasteiger partial charge in [0.25, 0.3) is 5.91 Å². The maximum atomic E-state index is 14.3. The molecule has 8 heteroatoms. The summed E-state index contributed by atoms with van der Waals surface area (Å²) in [5, 5.41) is 5.15. The van der Waals surface area contributed by atoms with Crippen molar-refractivity contribution in [1.29, 1.82) is 0 Å². The topological polar surface area (TPSA) is 95.6 Å². The molecule has 148 valence electrons. The summed E-state index contributed by atoms with van der Waals surface area (Å²) < 4.78 is 14.3. The highest BCUT2D eigenvalue weighted by molar-refractivity contribution is 6.12. The normalized spacial score (nSPS) is 20.0. The van der Waals surface area contributed by atoms with E-state index in [0.717, 1.165) is 22.1 Å². The number of urea groups is 1. The number of anilines is 1. The Morgan fingerprint density at radius 1 is 1.21 bits per heavy atom. The quantitative estimate of drug-likeness (QED) is 0.614. The van der Waals surface area contributed by atoms with Gasteiger partial charge in [-0.3, -0.25) is 19.3 Å². The molecule has 4 rings (SSSR count). The number of amides is 4. The summed E-state index contributed by atoms with van der Waals surface area (Å²) in [6.45, 7) is 0.719. The first-order valence-electron chi connectivity index (χ1n) is 9.14. The molecule has 2 aliphatic rings. The second-order valence-corrected chi connectivity index (χ2v) is 7.18. The smallest absolute Gasteiger partial charge is 0.325 e. The first-order chi connectivity index (χ1) is 13.8. The van der Waals surface area contributed by atoms with Crippen molar-refractivity contribution in [2.24, 2.45) is 0 Å². The fourth-order valence-electron chi connectivity index (χ4n) is 3.98. The number of benzene rings is 2. The Balaban J connectivity index is 1.56. The van der Waals surface area contributed by atoms with Gasteiger partial charge < -0.3 is 10.6 Å². The number of hydrogen-bond donors (Lipinski definition) is 2. The van der Waals surface area contributed by atoms with E-state index in [4.69, 9.17) is 0 Å². The Labute approximate surface area is 165 Å². The lowest BCUT2D eigenvalue weighted by atomic mass is 9.92. The number of nitrogens with one attached hydrogen (secondary N) is 2. The largest absolute Gasteiger partial charge is 0.326 e. The van der Waals surface area contributed by atoms with Crippen LogP contribution in [0.3, 0.4) is 0 Å². The third-order valence-corrected chi connectivity index (χ3v) is 5.31. The molecule has 0 saturated carbocycles. The molecule has 1 atom stereocenters. The van der Waals surface area contributed by atoms with Gasteiger partial charge in [-0.1, -0.05) is 24.3 Å². The minimum Gasteiger partial charge on any atom is -0.326 e. The average molecular weight is 395 g/mol. The molecule has 2 N–H and O–H groups in total. The Kier molecular flexibility index (Phi) is 4.41. The SMILES string of the molecule is CC(=O)Nc1ccc(C(=O)CN2C(=O)N[C@@]3(CCc4ccccc43)C2=O)c(F)c1. The lowest BCUT2D eigenvalue weighted by Gasteiger charge is -2.22. The van der Waals surface area contributed by atoms with Gasteiger partial charge in [-0.25, -0.2) is 9.18 Å². The summed E-state index contributed by atoms with van der Waals surface area (Å²) >= 11 is 0. The number of Topliss-reactive ketones (excluding diaryl/α,β-unsaturated/α-hetero) is 1. The van der Waals surface area contributed by atoms with E-state index in [2.05, 4.69) is 10.6 Å². The zero-order valence-electron chi connectivity index (χ0n) is 15.6. The third kappa shape index (κ3) is 3.06. The predicted octanol–water partition coefficient (Wildman–Crippen LogP) is 2.36. The number of ketones is 1. The van der Waals surface area contributed by atoms with Crippen molar-refractivity contribution in [1.82, 2.24) is 10.2 Å². The van der Waals surface area contributed by atoms with Gasteiger partial charge in [-0.2, -0.15) is 0 Å². The molecule has 1 fully saturated rings. The van der Waals surface area contributed by atoms with Crippen LogP contribution >= 0.6 is 0 Å². The van der Waals surface area contributed by atoms with E-state index in [1.54, 1.807) is 12.1 Å². The summed E-state index contributed by atoms with van der Waals surface area (Å²) in [5.41, 5.74) is 0.505. The number of carbonyl (C=O) groups is 4. The predicted molar refractivity (Wildman–Crippen MR) is 102 cm³/mol. The van der Waals surface area contributed by atoms with E-state index in [-0.39, 0.29) is 17.2 Å². The minimum atomic E-state index is -1.16. The van der Waals surface area contributed by atoms with Gasteiger partial charge in [-0.15, -0.1) is 0 Å². The Morgan fingerprint density at radius 2 is 1.97 bits per heavy atom. The molecule has 7 nitrogen and oxygen atoms in total. The van der Waals surface area contributed by atoms with E-state index in [1.165, 1.54) is 19.1 Å². The summed E-state index contributed by atoms with van der Waals surface area (Å²) in [4.78, 5) is 50.1. The number of imide groups is 1. The van der Waals surface area contributed by atoms with E-state index >= 15 is 0 Å². The van der Waals surface area contributed by atoms with Gasteiger partial charge >= 0.3 is 6.03 Å². The molecular weight excluding hydrogens is 377 g/mol. The standard InChI is InChI=1S/C21H18FN3O4/c1-12(26)23-14-6-7-15(17(22)10-14)18(27)11-25-19(28)21(24-20(25)29)9-8-13-4-2-3-5-16(13)21/h2-7,10H,8-9,11H2,1H3,(H,23,26)(H,24,29)/t21-/m1/s1. The molecule has 0 unspecified atom stereocenters. The molecular formula is C21H18FN3O4. The van der Waals surface area contributed by atoms with Crippen LogP contribution in [-0.4, -0.2) is 35.1 Å². The first-order valence-corrected chi connectivity index (χ1v) is 9.14. The molecule has 0 radical (unpaired) electrons. The average Bonchev–Trinajstić information content (AvgIpc) is 3.15. The van der Waals surface area contributed by atoms with Gasteiger partial charge in [0.2, 0.25) is 5.91 Å². The molecule has 2 aromatic carbocycles. The maximum Gasteiger partial charge on any atom is 0.325 e. The van der Waals surface area contributed by atoms with Crippen molar-refractivity contribution in [3.8, 4) is 0 Å². The Hall–Kier alpha value is -3.55. The zero-order valence-corrected chi connectivity index (χ0v) is 15.6. The summed E-state index contributed by atoms with van der Waals surface area (Å²) in [7, 11) is 0. The monoisotopic (exact) mass is 395 g/mol. The van der Waals surface area contributed by atoms with Crippen LogP contribution in [-0.2, 0) is 21.5 Å². The molecule has 2 aromatic rings. The molecule has 1 aliphatic heterocycles. The Morgan fingerprint density at radius 3 is 2.69 bits per heavy atom. The van der Waals surface area contributed by atoms with Crippen molar-refractivity contribution in [3.05, 3.63) is 65.0 Å². The van der Waals surface area contributed by atoms with Crippen LogP contribution in [0.5, 0.6) is 0 Å². The molecule has 1 aliphatic carbocycles. The van der Waals surface area contributed by atoms with Gasteiger partial charge in [0.05, 0.1) is 12.1 Å². The number of hydrogen-bond acceptors (Lipinski definition) is 4. The van der Waals surface area contributed by atoms with Gasteiger partial charge in [0, 0.05) is 12.6 Å². The summed E-state index contributed by atoms with van der Waals surface area (Å²) in [6, 6.07) is 10.3. The lowest BCUT2D eigenvalue weighted by molar-refractivity contribution is -0.131. The number of fused-ring (bicyclic) bond motifs is 2. The number of rotatable bonds is 4. The molecule has 0 aromatic heterocycles. The molecule has 1 spiro atoms. The second kappa shape index (κ2) is 6.80. The van der Waals surface area contributed by atoms with Crippen molar-refractivity contribution < 1.29 is 23.6 Å². The zero-order chi connectivity index (χ0) is 20.8. The first kappa shape index (κ1) is 18.8. The van der Waals surface area contributed by atoms with Crippen molar-refractivity contribution in [2.45, 2.75) is 25.3 Å². The van der Waals surface area contributed by atoms with Gasteiger partial charge in [0.15, 0.2) is 5.78 Å². The highest BCUT2D eigenvalue weighted by atomic mass is 19.1. The van der Waals surface area contributed by atoms with Crippen molar-refractivity contribution in [2.75, 3.05) is 11.9 Å². The highest BCUT2D eigenvalue weighted by Gasteiger charge is 2.55. The molecule has 29 heavy (non-hydrogen) atoms. The second-order valence-electron chi connectivity index (χ2n) is 7.18. The van der Waals surface area contributed by atoms with E-state index < -0.39 is 35.6 Å². The van der Waals surface area contributed by atoms with Crippen LogP contribution in [0.15, 0.2) is 42.5 Å². The van der Waals surface area contributed by atoms with Crippen molar-refractivity contribution in [3.63, 3.8) is 0 Å². The fraction of sp³-hybridized carbons (Fsp3) is 0.238. The number of carbonyl (C=O) groups excluding carboxylic acids is 4. The van der Waals surface area contributed by atoms with Crippen LogP contribution in [0.2, 0.25) is 0 Å². The summed E-state index contributed by atoms with van der Waals surface area (Å²) in [5.74, 6) is -2.42. The number of halogens is 1. The number of aryl methyl sites for hydroxylation is 1.